The lowest BCUT2D eigenvalue weighted by Gasteiger charge is -2.26. The maximum Gasteiger partial charge on any atom is 0.534 e. The molecule has 0 aliphatic heterocycles. The first kappa shape index (κ1) is 33.0. The van der Waals surface area contributed by atoms with Crippen LogP contribution in [0.1, 0.15) is 65.3 Å². The number of rotatable bonds is 7. The van der Waals surface area contributed by atoms with E-state index >= 15 is 0 Å². The molecule has 1 aromatic heterocycles. The number of carbonyl (C=O) groups excluding carboxylic acids is 2. The van der Waals surface area contributed by atoms with Gasteiger partial charge in [-0.2, -0.15) is 13.2 Å². The van der Waals surface area contributed by atoms with E-state index in [1.165, 1.54) is 18.4 Å². The monoisotopic (exact) mass is 604 g/mol. The Bertz CT molecular complexity index is 1430. The third-order valence-electron chi connectivity index (χ3n) is 5.42. The van der Waals surface area contributed by atoms with Crippen LogP contribution in [-0.4, -0.2) is 40.0 Å². The molecule has 3 aromatic rings. The Labute approximate surface area is 248 Å². The van der Waals surface area contributed by atoms with Crippen LogP contribution in [0.15, 0.2) is 65.3 Å². The van der Waals surface area contributed by atoms with Crippen LogP contribution in [0, 0.1) is 0 Å². The lowest BCUT2D eigenvalue weighted by atomic mass is 10.1. The van der Waals surface area contributed by atoms with Gasteiger partial charge in [0, 0.05) is 5.56 Å². The van der Waals surface area contributed by atoms with E-state index in [4.69, 9.17) is 23.5 Å². The second-order valence-electron chi connectivity index (χ2n) is 11.5. The molecule has 0 spiro atoms. The SMILES string of the molecule is C/C(=C\CN(OC(=O)OC(C)(C)C)C(=O)OC(C)(C)C)c1cccc(OCc2coc(-c3ccc(C(F)(F)F)cc3)n2)c1. The van der Waals surface area contributed by atoms with Crippen molar-refractivity contribution in [2.75, 3.05) is 6.54 Å². The first-order chi connectivity index (χ1) is 19.9. The molecule has 9 nitrogen and oxygen atoms in total. The van der Waals surface area contributed by atoms with E-state index < -0.39 is 35.2 Å². The number of alkyl halides is 3. The van der Waals surface area contributed by atoms with Crippen LogP contribution in [0.3, 0.4) is 0 Å². The summed E-state index contributed by atoms with van der Waals surface area (Å²) in [6.45, 7) is 11.8. The van der Waals surface area contributed by atoms with E-state index in [9.17, 15) is 22.8 Å². The van der Waals surface area contributed by atoms with Gasteiger partial charge < -0.3 is 18.6 Å². The predicted octanol–water partition coefficient (Wildman–Crippen LogP) is 8.45. The van der Waals surface area contributed by atoms with Crippen LogP contribution in [0.25, 0.3) is 17.0 Å². The molecular formula is C31H35F3N2O7. The van der Waals surface area contributed by atoms with E-state index in [0.29, 0.717) is 17.0 Å². The number of benzene rings is 2. The molecule has 0 saturated carbocycles. The molecule has 3 rings (SSSR count). The van der Waals surface area contributed by atoms with Gasteiger partial charge in [-0.1, -0.05) is 18.2 Å². The Morgan fingerprint density at radius 3 is 2.21 bits per heavy atom. The van der Waals surface area contributed by atoms with E-state index in [1.807, 2.05) is 13.0 Å². The van der Waals surface area contributed by atoms with Crippen molar-refractivity contribution in [2.24, 2.45) is 0 Å². The molecule has 0 unspecified atom stereocenters. The number of oxazole rings is 1. The van der Waals surface area contributed by atoms with Crippen LogP contribution in [0.2, 0.25) is 0 Å². The Morgan fingerprint density at radius 2 is 1.60 bits per heavy atom. The Morgan fingerprint density at radius 1 is 0.953 bits per heavy atom. The summed E-state index contributed by atoms with van der Waals surface area (Å²) in [7, 11) is 0. The van der Waals surface area contributed by atoms with Crippen LogP contribution < -0.4 is 4.74 Å². The smallest absolute Gasteiger partial charge is 0.487 e. The molecule has 232 valence electrons. The van der Waals surface area contributed by atoms with Crippen molar-refractivity contribution in [3.63, 3.8) is 0 Å². The zero-order valence-electron chi connectivity index (χ0n) is 25.1. The van der Waals surface area contributed by atoms with Crippen molar-refractivity contribution in [1.82, 2.24) is 10.0 Å². The number of amides is 1. The number of hydrogen-bond donors (Lipinski definition) is 0. The summed E-state index contributed by atoms with van der Waals surface area (Å²) in [5, 5.41) is 0.780. The number of allylic oxidation sites excluding steroid dienone is 1. The summed E-state index contributed by atoms with van der Waals surface area (Å²) in [6.07, 6.45) is -3.28. The van der Waals surface area contributed by atoms with Crippen molar-refractivity contribution in [1.29, 1.82) is 0 Å². The lowest BCUT2D eigenvalue weighted by molar-refractivity contribution is -0.137. The summed E-state index contributed by atoms with van der Waals surface area (Å²) in [5.74, 6) is 0.682. The van der Waals surface area contributed by atoms with Gasteiger partial charge in [-0.15, -0.1) is 5.06 Å². The Balaban J connectivity index is 1.66. The summed E-state index contributed by atoms with van der Waals surface area (Å²) in [5.41, 5.74) is -0.0399. The van der Waals surface area contributed by atoms with Gasteiger partial charge in [-0.3, -0.25) is 4.84 Å². The number of aromatic nitrogens is 1. The predicted molar refractivity (Wildman–Crippen MR) is 152 cm³/mol. The van der Waals surface area contributed by atoms with E-state index in [2.05, 4.69) is 4.98 Å². The highest BCUT2D eigenvalue weighted by Crippen LogP contribution is 2.31. The maximum absolute atomic E-state index is 12.8. The molecular weight excluding hydrogens is 569 g/mol. The summed E-state index contributed by atoms with van der Waals surface area (Å²) in [6, 6.07) is 11.6. The van der Waals surface area contributed by atoms with Crippen molar-refractivity contribution in [2.45, 2.75) is 72.5 Å². The molecule has 0 bridgehead atoms. The minimum absolute atomic E-state index is 0.0481. The number of ether oxygens (including phenoxy) is 3. The molecule has 0 atom stereocenters. The Kier molecular flexibility index (Phi) is 10.2. The van der Waals surface area contributed by atoms with Gasteiger partial charge in [0.15, 0.2) is 0 Å². The summed E-state index contributed by atoms with van der Waals surface area (Å²) < 4.78 is 60.2. The fraction of sp³-hybridized carbons (Fsp3) is 0.387. The third kappa shape index (κ3) is 10.7. The maximum atomic E-state index is 12.8. The molecule has 43 heavy (non-hydrogen) atoms. The molecule has 0 saturated heterocycles. The van der Waals surface area contributed by atoms with Crippen molar-refractivity contribution >= 4 is 17.8 Å². The van der Waals surface area contributed by atoms with Gasteiger partial charge in [-0.05, 0) is 96.0 Å². The fourth-order valence-electron chi connectivity index (χ4n) is 3.45. The number of nitrogens with zero attached hydrogens (tertiary/aromatic N) is 2. The molecule has 1 heterocycles. The van der Waals surface area contributed by atoms with Crippen molar-refractivity contribution in [3.05, 3.63) is 77.7 Å². The highest BCUT2D eigenvalue weighted by Gasteiger charge is 2.30. The van der Waals surface area contributed by atoms with Gasteiger partial charge >= 0.3 is 18.4 Å². The van der Waals surface area contributed by atoms with Gasteiger partial charge in [0.25, 0.3) is 0 Å². The average Bonchev–Trinajstić information content (AvgIpc) is 3.36. The fourth-order valence-corrected chi connectivity index (χ4v) is 3.45. The Hall–Kier alpha value is -4.48. The normalized spacial score (nSPS) is 12.5. The van der Waals surface area contributed by atoms with Gasteiger partial charge in [0.2, 0.25) is 5.89 Å². The molecule has 0 fully saturated rings. The standard InChI is InChI=1S/C31H35F3N2O7/c1-20(15-16-36(27(37)41-29(2,3)4)43-28(38)42-30(5,6)7)22-9-8-10-25(17-22)39-18-24-19-40-26(35-24)21-11-13-23(14-12-21)31(32,33)34/h8-15,17,19H,16,18H2,1-7H3/b20-15+. The van der Waals surface area contributed by atoms with Crippen LogP contribution >= 0.6 is 0 Å². The number of carbonyl (C=O) groups is 2. The number of hydroxylamine groups is 2. The largest absolute Gasteiger partial charge is 0.534 e. The molecule has 2 aromatic carbocycles. The van der Waals surface area contributed by atoms with E-state index in [0.717, 1.165) is 28.3 Å². The van der Waals surface area contributed by atoms with Crippen molar-refractivity contribution in [3.8, 4) is 17.2 Å². The first-order valence-corrected chi connectivity index (χ1v) is 13.3. The molecule has 0 N–H and O–H groups in total. The molecule has 1 amide bonds. The molecule has 0 radical (unpaired) electrons. The molecule has 0 aliphatic carbocycles. The van der Waals surface area contributed by atoms with Crippen LogP contribution in [0.4, 0.5) is 22.8 Å². The van der Waals surface area contributed by atoms with Crippen LogP contribution in [-0.2, 0) is 27.1 Å². The van der Waals surface area contributed by atoms with E-state index in [-0.39, 0.29) is 19.0 Å². The quantitative estimate of drug-likeness (QED) is 0.196. The molecule has 12 heteroatoms. The lowest BCUT2D eigenvalue weighted by Crippen LogP contribution is -2.39. The number of hydrogen-bond acceptors (Lipinski definition) is 8. The zero-order chi connectivity index (χ0) is 32.0. The van der Waals surface area contributed by atoms with Crippen LogP contribution in [0.5, 0.6) is 5.75 Å². The zero-order valence-corrected chi connectivity index (χ0v) is 25.1. The topological polar surface area (TPSA) is 100 Å². The number of halogens is 3. The highest BCUT2D eigenvalue weighted by molar-refractivity contribution is 5.71. The second-order valence-corrected chi connectivity index (χ2v) is 11.5. The average molecular weight is 605 g/mol. The molecule has 0 aliphatic rings. The third-order valence-corrected chi connectivity index (χ3v) is 5.42. The highest BCUT2D eigenvalue weighted by atomic mass is 19.4. The van der Waals surface area contributed by atoms with Gasteiger partial charge in [0.1, 0.15) is 35.5 Å². The summed E-state index contributed by atoms with van der Waals surface area (Å²) in [4.78, 5) is 34.4. The van der Waals surface area contributed by atoms with Gasteiger partial charge in [0.05, 0.1) is 12.1 Å². The summed E-state index contributed by atoms with van der Waals surface area (Å²) >= 11 is 0. The van der Waals surface area contributed by atoms with Gasteiger partial charge in [-0.25, -0.2) is 14.6 Å². The minimum Gasteiger partial charge on any atom is -0.487 e. The van der Waals surface area contributed by atoms with Crippen molar-refractivity contribution < 1.29 is 46.2 Å². The first-order valence-electron chi connectivity index (χ1n) is 13.3. The van der Waals surface area contributed by atoms with E-state index in [1.54, 1.807) is 65.8 Å². The minimum atomic E-state index is -4.43. The second kappa shape index (κ2) is 13.2.